The van der Waals surface area contributed by atoms with Crippen molar-refractivity contribution in [1.29, 1.82) is 0 Å². The van der Waals surface area contributed by atoms with E-state index in [0.717, 1.165) is 22.3 Å². The molecular formula is C26H26N4O5. The normalized spacial score (nSPS) is 18.7. The number of aromatic amines is 1. The number of benzene rings is 2. The zero-order valence-corrected chi connectivity index (χ0v) is 18.9. The Morgan fingerprint density at radius 3 is 2.40 bits per heavy atom. The first-order valence-corrected chi connectivity index (χ1v) is 11.6. The third kappa shape index (κ3) is 4.89. The number of carboxylic acid groups (broad SMARTS) is 1. The number of amides is 2. The van der Waals surface area contributed by atoms with Crippen LogP contribution in [0.25, 0.3) is 11.1 Å². The molecule has 1 saturated carbocycles. The van der Waals surface area contributed by atoms with Crippen molar-refractivity contribution in [3.05, 3.63) is 77.9 Å². The molecule has 180 valence electrons. The van der Waals surface area contributed by atoms with Crippen LogP contribution in [0.4, 0.5) is 4.79 Å². The van der Waals surface area contributed by atoms with Crippen LogP contribution in [0.2, 0.25) is 0 Å². The second-order valence-corrected chi connectivity index (χ2v) is 8.99. The van der Waals surface area contributed by atoms with E-state index in [2.05, 4.69) is 44.9 Å². The van der Waals surface area contributed by atoms with Crippen molar-refractivity contribution in [1.82, 2.24) is 20.6 Å². The molecule has 0 aliphatic heterocycles. The lowest BCUT2D eigenvalue weighted by molar-refractivity contribution is -0.142. The molecule has 0 saturated heterocycles. The number of carbonyl (C=O) groups excluding carboxylic acids is 2. The number of alkyl carbamates (subject to hydrolysis) is 1. The number of nitrogens with one attached hydrogen (secondary N) is 3. The lowest BCUT2D eigenvalue weighted by Crippen LogP contribution is -2.43. The topological polar surface area (TPSA) is 133 Å². The van der Waals surface area contributed by atoms with Gasteiger partial charge >= 0.3 is 12.1 Å². The Hall–Kier alpha value is -4.14. The summed E-state index contributed by atoms with van der Waals surface area (Å²) < 4.78 is 5.53. The zero-order valence-electron chi connectivity index (χ0n) is 18.9. The minimum absolute atomic E-state index is 0.0181. The van der Waals surface area contributed by atoms with Gasteiger partial charge in [0.2, 0.25) is 5.91 Å². The van der Waals surface area contributed by atoms with E-state index < -0.39 is 18.1 Å². The molecule has 1 aromatic heterocycles. The Kier molecular flexibility index (Phi) is 6.22. The maximum Gasteiger partial charge on any atom is 0.407 e. The van der Waals surface area contributed by atoms with Crippen LogP contribution in [0.1, 0.15) is 29.2 Å². The van der Waals surface area contributed by atoms with Gasteiger partial charge in [0.25, 0.3) is 0 Å². The molecule has 0 unspecified atom stereocenters. The number of aliphatic carboxylic acids is 1. The standard InChI is InChI=1S/C26H26N4O5/c31-24(30-23(25(32)33)10-16-12-27-14-29-16)21-9-15(21)11-28-26(34)35-13-22-19-7-3-1-5-17(19)18-6-2-4-8-20(18)22/h1-8,12,14-15,21-23H,9-11,13H2,(H,27,29)(H,28,34)(H,30,31)(H,32,33)/t15-,21-,23-/m0/s1. The van der Waals surface area contributed by atoms with E-state index in [1.165, 1.54) is 12.5 Å². The minimum atomic E-state index is -1.11. The van der Waals surface area contributed by atoms with Crippen molar-refractivity contribution in [2.24, 2.45) is 11.8 Å². The van der Waals surface area contributed by atoms with E-state index in [4.69, 9.17) is 4.74 Å². The molecule has 2 amide bonds. The van der Waals surface area contributed by atoms with Crippen molar-refractivity contribution in [3.63, 3.8) is 0 Å². The van der Waals surface area contributed by atoms with Gasteiger partial charge < -0.3 is 25.5 Å². The summed E-state index contributed by atoms with van der Waals surface area (Å²) in [6.07, 6.45) is 3.17. The largest absolute Gasteiger partial charge is 0.480 e. The lowest BCUT2D eigenvalue weighted by atomic mass is 9.98. The Morgan fingerprint density at radius 1 is 1.09 bits per heavy atom. The maximum atomic E-state index is 12.5. The van der Waals surface area contributed by atoms with Crippen LogP contribution in [-0.4, -0.2) is 52.2 Å². The summed E-state index contributed by atoms with van der Waals surface area (Å²) in [5.74, 6) is -1.82. The van der Waals surface area contributed by atoms with Crippen molar-refractivity contribution in [2.75, 3.05) is 13.2 Å². The third-order valence-electron chi connectivity index (χ3n) is 6.71. The average molecular weight is 475 g/mol. The van der Waals surface area contributed by atoms with E-state index in [-0.39, 0.29) is 36.7 Å². The van der Waals surface area contributed by atoms with Gasteiger partial charge in [0.05, 0.1) is 6.33 Å². The number of hydrogen-bond donors (Lipinski definition) is 4. The summed E-state index contributed by atoms with van der Waals surface area (Å²) in [5, 5.41) is 14.7. The molecule has 5 rings (SSSR count). The summed E-state index contributed by atoms with van der Waals surface area (Å²) >= 11 is 0. The second-order valence-electron chi connectivity index (χ2n) is 8.99. The maximum absolute atomic E-state index is 12.5. The Morgan fingerprint density at radius 2 is 1.77 bits per heavy atom. The highest BCUT2D eigenvalue weighted by Gasteiger charge is 2.44. The van der Waals surface area contributed by atoms with Crippen LogP contribution in [-0.2, 0) is 20.7 Å². The molecule has 3 aromatic rings. The summed E-state index contributed by atoms with van der Waals surface area (Å²) in [6, 6.07) is 15.2. The molecule has 35 heavy (non-hydrogen) atoms. The Bertz CT molecular complexity index is 1200. The molecule has 2 aliphatic rings. The number of nitrogens with zero attached hydrogens (tertiary/aromatic N) is 1. The highest BCUT2D eigenvalue weighted by molar-refractivity contribution is 5.87. The summed E-state index contributed by atoms with van der Waals surface area (Å²) in [7, 11) is 0. The summed E-state index contributed by atoms with van der Waals surface area (Å²) in [4.78, 5) is 43.1. The zero-order chi connectivity index (χ0) is 24.4. The molecule has 1 fully saturated rings. The molecule has 9 heteroatoms. The smallest absolute Gasteiger partial charge is 0.407 e. The number of H-pyrrole nitrogens is 1. The molecular weight excluding hydrogens is 448 g/mol. The number of hydrogen-bond acceptors (Lipinski definition) is 5. The molecule has 3 atom stereocenters. The quantitative estimate of drug-likeness (QED) is 0.377. The van der Waals surface area contributed by atoms with Gasteiger partial charge in [-0.3, -0.25) is 4.79 Å². The first kappa shape index (κ1) is 22.6. The fraction of sp³-hybridized carbons (Fsp3) is 0.308. The molecule has 0 bridgehead atoms. The number of rotatable bonds is 9. The lowest BCUT2D eigenvalue weighted by Gasteiger charge is -2.15. The van der Waals surface area contributed by atoms with Gasteiger partial charge in [-0.05, 0) is 34.6 Å². The average Bonchev–Trinajstić information content (AvgIpc) is 3.32. The summed E-state index contributed by atoms with van der Waals surface area (Å²) in [6.45, 7) is 0.523. The molecule has 0 spiro atoms. The SMILES string of the molecule is O=C(NC[C@@H]1C[C@@H]1C(=O)N[C@@H](Cc1cnc[nH]1)C(=O)O)OCC1c2ccccc2-c2ccccc21. The van der Waals surface area contributed by atoms with Gasteiger partial charge in [0, 0.05) is 36.7 Å². The Labute approximate surface area is 201 Å². The first-order chi connectivity index (χ1) is 17.0. The van der Waals surface area contributed by atoms with E-state index in [0.29, 0.717) is 18.7 Å². The molecule has 4 N–H and O–H groups in total. The highest BCUT2D eigenvalue weighted by Crippen LogP contribution is 2.44. The number of fused-ring (bicyclic) bond motifs is 3. The van der Waals surface area contributed by atoms with Gasteiger partial charge in [0.15, 0.2) is 0 Å². The predicted molar refractivity (Wildman–Crippen MR) is 127 cm³/mol. The van der Waals surface area contributed by atoms with Crippen LogP contribution < -0.4 is 10.6 Å². The van der Waals surface area contributed by atoms with Crippen LogP contribution in [0.3, 0.4) is 0 Å². The van der Waals surface area contributed by atoms with E-state index in [1.54, 1.807) is 0 Å². The summed E-state index contributed by atoms with van der Waals surface area (Å²) in [5.41, 5.74) is 5.24. The van der Waals surface area contributed by atoms with Crippen LogP contribution in [0.15, 0.2) is 61.1 Å². The van der Waals surface area contributed by atoms with Crippen LogP contribution in [0.5, 0.6) is 0 Å². The number of aromatic nitrogens is 2. The second kappa shape index (κ2) is 9.61. The number of carbonyl (C=O) groups is 3. The minimum Gasteiger partial charge on any atom is -0.480 e. The number of carboxylic acids is 1. The van der Waals surface area contributed by atoms with Gasteiger partial charge in [-0.25, -0.2) is 14.6 Å². The molecule has 0 radical (unpaired) electrons. The van der Waals surface area contributed by atoms with E-state index in [1.807, 2.05) is 24.3 Å². The van der Waals surface area contributed by atoms with E-state index >= 15 is 0 Å². The van der Waals surface area contributed by atoms with E-state index in [9.17, 15) is 19.5 Å². The van der Waals surface area contributed by atoms with Gasteiger partial charge in [0.1, 0.15) is 12.6 Å². The van der Waals surface area contributed by atoms with Crippen molar-refractivity contribution in [3.8, 4) is 11.1 Å². The fourth-order valence-corrected chi connectivity index (χ4v) is 4.75. The highest BCUT2D eigenvalue weighted by atomic mass is 16.5. The first-order valence-electron chi connectivity index (χ1n) is 11.6. The Balaban J connectivity index is 1.09. The van der Waals surface area contributed by atoms with Gasteiger partial charge in [-0.2, -0.15) is 0 Å². The molecule has 1 heterocycles. The van der Waals surface area contributed by atoms with Gasteiger partial charge in [-0.15, -0.1) is 0 Å². The van der Waals surface area contributed by atoms with Gasteiger partial charge in [-0.1, -0.05) is 48.5 Å². The van der Waals surface area contributed by atoms with Crippen molar-refractivity contribution in [2.45, 2.75) is 24.8 Å². The molecule has 2 aliphatic carbocycles. The fourth-order valence-electron chi connectivity index (χ4n) is 4.75. The van der Waals surface area contributed by atoms with Crippen molar-refractivity contribution < 1.29 is 24.2 Å². The van der Waals surface area contributed by atoms with Crippen molar-refractivity contribution >= 4 is 18.0 Å². The molecule has 9 nitrogen and oxygen atoms in total. The predicted octanol–water partition coefficient (Wildman–Crippen LogP) is 2.70. The monoisotopic (exact) mass is 474 g/mol. The number of ether oxygens (including phenoxy) is 1. The third-order valence-corrected chi connectivity index (χ3v) is 6.71. The van der Waals surface area contributed by atoms with Crippen LogP contribution >= 0.6 is 0 Å². The van der Waals surface area contributed by atoms with Crippen LogP contribution in [0, 0.1) is 11.8 Å². The molecule has 2 aromatic carbocycles. The number of imidazole rings is 1.